The van der Waals surface area contributed by atoms with E-state index in [2.05, 4.69) is 10.2 Å². The highest BCUT2D eigenvalue weighted by Crippen LogP contribution is 2.30. The predicted octanol–water partition coefficient (Wildman–Crippen LogP) is 1.85. The smallest absolute Gasteiger partial charge is 0.270 e. The van der Waals surface area contributed by atoms with Crippen molar-refractivity contribution in [3.63, 3.8) is 0 Å². The molecule has 2 N–H and O–H groups in total. The van der Waals surface area contributed by atoms with Crippen molar-refractivity contribution in [2.75, 3.05) is 0 Å². The van der Waals surface area contributed by atoms with Gasteiger partial charge in [0.05, 0.1) is 5.56 Å². The maximum absolute atomic E-state index is 11.1. The molecule has 1 aromatic carbocycles. The van der Waals surface area contributed by atoms with Crippen molar-refractivity contribution in [3.8, 4) is 11.3 Å². The van der Waals surface area contributed by atoms with Gasteiger partial charge < -0.3 is 10.2 Å². The number of amides is 1. The first-order chi connectivity index (χ1) is 7.77. The van der Waals surface area contributed by atoms with Gasteiger partial charge in [0.15, 0.2) is 5.69 Å². The van der Waals surface area contributed by atoms with E-state index in [0.29, 0.717) is 16.8 Å². The molecule has 0 spiro atoms. The summed E-state index contributed by atoms with van der Waals surface area (Å²) in [5.74, 6) is -0.604. The summed E-state index contributed by atoms with van der Waals surface area (Å²) in [6.45, 7) is 0. The summed E-state index contributed by atoms with van der Waals surface area (Å²) in [6, 6.07) is 7.42. The summed E-state index contributed by atoms with van der Waals surface area (Å²) in [5.41, 5.74) is 7.21. The molecule has 1 amide bonds. The molecular weight excluding hydrogens is 242 g/mol. The number of carbonyl (C=O) groups is 1. The van der Waals surface area contributed by atoms with Crippen LogP contribution in [-0.2, 0) is 0 Å². The molecule has 0 aliphatic carbocycles. The van der Waals surface area contributed by atoms with E-state index in [4.69, 9.17) is 10.2 Å². The lowest BCUT2D eigenvalue weighted by Crippen LogP contribution is -2.12. The van der Waals surface area contributed by atoms with Crippen LogP contribution in [0.15, 0.2) is 34.9 Å². The summed E-state index contributed by atoms with van der Waals surface area (Å²) >= 11 is 0. The minimum absolute atomic E-state index is 0. The molecular formula is C11H8ClN3O2. The molecule has 0 bridgehead atoms. The van der Waals surface area contributed by atoms with E-state index in [1.54, 1.807) is 0 Å². The second kappa shape index (κ2) is 4.03. The molecule has 0 fully saturated rings. The van der Waals surface area contributed by atoms with Crippen LogP contribution in [0.1, 0.15) is 10.5 Å². The van der Waals surface area contributed by atoms with Crippen molar-refractivity contribution >= 4 is 29.3 Å². The highest BCUT2D eigenvalue weighted by atomic mass is 35.5. The van der Waals surface area contributed by atoms with Crippen LogP contribution in [0.25, 0.3) is 22.2 Å². The van der Waals surface area contributed by atoms with Gasteiger partial charge in [0.2, 0.25) is 0 Å². The zero-order valence-electron chi connectivity index (χ0n) is 8.58. The van der Waals surface area contributed by atoms with Crippen LogP contribution in [0.5, 0.6) is 0 Å². The van der Waals surface area contributed by atoms with Crippen LogP contribution in [-0.4, -0.2) is 16.1 Å². The van der Waals surface area contributed by atoms with E-state index < -0.39 is 5.91 Å². The zero-order valence-corrected chi connectivity index (χ0v) is 9.40. The largest absolute Gasteiger partial charge is 0.463 e. The van der Waals surface area contributed by atoms with Gasteiger partial charge >= 0.3 is 0 Å². The molecule has 0 radical (unpaired) electrons. The summed E-state index contributed by atoms with van der Waals surface area (Å²) in [5, 5.41) is 8.54. The SMILES string of the molecule is Cl.NC(=O)c1nnc2c3ccccc3occ1-2. The summed E-state index contributed by atoms with van der Waals surface area (Å²) in [6.07, 6.45) is 1.46. The number of para-hydroxylation sites is 1. The van der Waals surface area contributed by atoms with Gasteiger partial charge in [0.25, 0.3) is 5.91 Å². The molecule has 6 heteroatoms. The van der Waals surface area contributed by atoms with E-state index >= 15 is 0 Å². The first-order valence-electron chi connectivity index (χ1n) is 4.70. The molecule has 3 rings (SSSR count). The highest BCUT2D eigenvalue weighted by molar-refractivity contribution is 6.02. The van der Waals surface area contributed by atoms with Crippen molar-refractivity contribution in [3.05, 3.63) is 36.2 Å². The number of carbonyl (C=O) groups excluding carboxylic acids is 1. The molecule has 2 aliphatic heterocycles. The number of nitrogens with zero attached hydrogens (tertiary/aromatic N) is 2. The maximum atomic E-state index is 11.1. The molecule has 2 heterocycles. The van der Waals surface area contributed by atoms with Gasteiger partial charge in [0, 0.05) is 5.39 Å². The van der Waals surface area contributed by atoms with Crippen molar-refractivity contribution in [1.29, 1.82) is 0 Å². The molecule has 5 nitrogen and oxygen atoms in total. The van der Waals surface area contributed by atoms with Crippen LogP contribution in [0, 0.1) is 0 Å². The van der Waals surface area contributed by atoms with E-state index in [1.807, 2.05) is 24.3 Å². The molecule has 0 unspecified atom stereocenters. The summed E-state index contributed by atoms with van der Waals surface area (Å²) in [4.78, 5) is 11.1. The molecule has 17 heavy (non-hydrogen) atoms. The second-order valence-electron chi connectivity index (χ2n) is 3.41. The number of hydrogen-bond donors (Lipinski definition) is 1. The Bertz CT molecular complexity index is 665. The lowest BCUT2D eigenvalue weighted by atomic mass is 10.1. The molecule has 1 aromatic rings. The van der Waals surface area contributed by atoms with Crippen LogP contribution < -0.4 is 5.73 Å². The maximum Gasteiger partial charge on any atom is 0.270 e. The van der Waals surface area contributed by atoms with Gasteiger partial charge in [0.1, 0.15) is 17.5 Å². The third-order valence-electron chi connectivity index (χ3n) is 2.44. The molecule has 0 saturated heterocycles. The fourth-order valence-electron chi connectivity index (χ4n) is 1.70. The number of halogens is 1. The number of rotatable bonds is 1. The fraction of sp³-hybridized carbons (Fsp3) is 0. The number of aromatic nitrogens is 2. The zero-order chi connectivity index (χ0) is 11.1. The Hall–Kier alpha value is -2.14. The third-order valence-corrected chi connectivity index (χ3v) is 2.44. The molecule has 0 atom stereocenters. The fourth-order valence-corrected chi connectivity index (χ4v) is 1.70. The number of primary amides is 1. The first-order valence-corrected chi connectivity index (χ1v) is 4.70. The van der Waals surface area contributed by atoms with Crippen molar-refractivity contribution in [2.45, 2.75) is 0 Å². The Labute approximate surface area is 102 Å². The van der Waals surface area contributed by atoms with Gasteiger partial charge in [-0.25, -0.2) is 0 Å². The number of nitrogens with two attached hydrogens (primary N) is 1. The summed E-state index contributed by atoms with van der Waals surface area (Å²) in [7, 11) is 0. The Morgan fingerprint density at radius 3 is 2.76 bits per heavy atom. The van der Waals surface area contributed by atoms with Crippen LogP contribution >= 0.6 is 12.4 Å². The Balaban J connectivity index is 0.00000108. The minimum Gasteiger partial charge on any atom is -0.463 e. The van der Waals surface area contributed by atoms with Gasteiger partial charge in [-0.15, -0.1) is 22.6 Å². The lowest BCUT2D eigenvalue weighted by Gasteiger charge is -2.01. The quantitative estimate of drug-likeness (QED) is 0.713. The van der Waals surface area contributed by atoms with Crippen molar-refractivity contribution in [1.82, 2.24) is 10.2 Å². The van der Waals surface area contributed by atoms with E-state index in [0.717, 1.165) is 5.39 Å². The van der Waals surface area contributed by atoms with Gasteiger partial charge in [-0.3, -0.25) is 4.79 Å². The average molecular weight is 250 g/mol. The molecule has 2 aliphatic rings. The molecule has 0 aromatic heterocycles. The monoisotopic (exact) mass is 249 g/mol. The number of benzene rings is 1. The Kier molecular flexibility index (Phi) is 2.69. The Morgan fingerprint density at radius 1 is 1.24 bits per heavy atom. The lowest BCUT2D eigenvalue weighted by molar-refractivity contribution is 0.0996. The average Bonchev–Trinajstić information content (AvgIpc) is 2.73. The van der Waals surface area contributed by atoms with Gasteiger partial charge in [-0.05, 0) is 12.1 Å². The standard InChI is InChI=1S/C11H7N3O2.ClH/c12-11(15)10-7-5-16-8-4-2-1-3-6(8)9(7)13-14-10;/h1-5H,(H2,12,15);1H. The first kappa shape index (κ1) is 11.3. The van der Waals surface area contributed by atoms with Crippen molar-refractivity contribution in [2.24, 2.45) is 5.73 Å². The normalized spacial score (nSPS) is 10.4. The Morgan fingerprint density at radius 2 is 2.00 bits per heavy atom. The molecule has 0 saturated carbocycles. The van der Waals surface area contributed by atoms with Crippen LogP contribution in [0.3, 0.4) is 0 Å². The molecule has 86 valence electrons. The van der Waals surface area contributed by atoms with Crippen LogP contribution in [0.4, 0.5) is 0 Å². The van der Waals surface area contributed by atoms with E-state index in [9.17, 15) is 4.79 Å². The van der Waals surface area contributed by atoms with E-state index in [-0.39, 0.29) is 18.1 Å². The van der Waals surface area contributed by atoms with Crippen LogP contribution in [0.2, 0.25) is 0 Å². The predicted molar refractivity (Wildman–Crippen MR) is 64.2 cm³/mol. The summed E-state index contributed by atoms with van der Waals surface area (Å²) < 4.78 is 5.39. The van der Waals surface area contributed by atoms with Crippen molar-refractivity contribution < 1.29 is 9.21 Å². The third kappa shape index (κ3) is 1.60. The number of hydrogen-bond acceptors (Lipinski definition) is 4. The minimum atomic E-state index is -0.604. The number of fused-ring (bicyclic) bond motifs is 3. The topological polar surface area (TPSA) is 82.0 Å². The second-order valence-corrected chi connectivity index (χ2v) is 3.41. The van der Waals surface area contributed by atoms with E-state index in [1.165, 1.54) is 6.26 Å². The van der Waals surface area contributed by atoms with Gasteiger partial charge in [-0.1, -0.05) is 12.1 Å². The highest BCUT2D eigenvalue weighted by Gasteiger charge is 2.20. The van der Waals surface area contributed by atoms with Gasteiger partial charge in [-0.2, -0.15) is 0 Å².